The first-order chi connectivity index (χ1) is 9.56. The van der Waals surface area contributed by atoms with Gasteiger partial charge in [0.2, 0.25) is 5.91 Å². The van der Waals surface area contributed by atoms with Crippen LogP contribution in [0.5, 0.6) is 0 Å². The van der Waals surface area contributed by atoms with Crippen LogP contribution < -0.4 is 10.6 Å². The quantitative estimate of drug-likeness (QED) is 0.854. The van der Waals surface area contributed by atoms with Crippen LogP contribution in [0.3, 0.4) is 0 Å². The molecule has 2 aromatic heterocycles. The van der Waals surface area contributed by atoms with E-state index in [1.165, 1.54) is 0 Å². The molecule has 0 saturated carbocycles. The first-order valence-electron chi connectivity index (χ1n) is 6.59. The molecule has 0 aliphatic carbocycles. The highest BCUT2D eigenvalue weighted by molar-refractivity contribution is 5.85. The van der Waals surface area contributed by atoms with Crippen molar-refractivity contribution >= 4 is 23.2 Å². The summed E-state index contributed by atoms with van der Waals surface area (Å²) in [5, 5.41) is 6.13. The molecule has 1 amide bonds. The van der Waals surface area contributed by atoms with Gasteiger partial charge in [0.05, 0.1) is 6.20 Å². The van der Waals surface area contributed by atoms with Gasteiger partial charge in [-0.1, -0.05) is 0 Å². The smallest absolute Gasteiger partial charge is 0.244 e. The molecule has 7 nitrogen and oxygen atoms in total. The lowest BCUT2D eigenvalue weighted by Gasteiger charge is -2.21. The summed E-state index contributed by atoms with van der Waals surface area (Å²) >= 11 is 0. The van der Waals surface area contributed by atoms with E-state index in [9.17, 15) is 4.79 Å². The minimum Gasteiger partial charge on any atom is -0.372 e. The van der Waals surface area contributed by atoms with Crippen molar-refractivity contribution in [3.05, 3.63) is 18.6 Å². The lowest BCUT2D eigenvalue weighted by molar-refractivity contribution is -0.130. The van der Waals surface area contributed by atoms with Gasteiger partial charge in [0.1, 0.15) is 11.9 Å². The SMILES string of the molecule is CCN(C)C(=O)C(C)Nc1nc(NC)cn2ccnc12. The van der Waals surface area contributed by atoms with Gasteiger partial charge in [-0.2, -0.15) is 0 Å². The van der Waals surface area contributed by atoms with Crippen molar-refractivity contribution in [2.75, 3.05) is 31.3 Å². The van der Waals surface area contributed by atoms with Gasteiger partial charge >= 0.3 is 0 Å². The number of imidazole rings is 1. The Morgan fingerprint density at radius 2 is 2.30 bits per heavy atom. The molecule has 0 radical (unpaired) electrons. The molecule has 2 aromatic rings. The number of hydrogen-bond acceptors (Lipinski definition) is 5. The van der Waals surface area contributed by atoms with Gasteiger partial charge in [0, 0.05) is 33.0 Å². The number of rotatable bonds is 5. The fourth-order valence-electron chi connectivity index (χ4n) is 1.90. The summed E-state index contributed by atoms with van der Waals surface area (Å²) in [7, 11) is 3.58. The molecule has 2 rings (SSSR count). The van der Waals surface area contributed by atoms with Crippen LogP contribution in [-0.4, -0.2) is 51.9 Å². The third kappa shape index (κ3) is 2.66. The molecule has 7 heteroatoms. The normalized spacial score (nSPS) is 12.2. The fourth-order valence-corrected chi connectivity index (χ4v) is 1.90. The van der Waals surface area contributed by atoms with Gasteiger partial charge in [-0.05, 0) is 13.8 Å². The zero-order chi connectivity index (χ0) is 14.7. The van der Waals surface area contributed by atoms with E-state index in [-0.39, 0.29) is 11.9 Å². The number of likely N-dealkylation sites (N-methyl/N-ethyl adjacent to an activating group) is 1. The average molecular weight is 276 g/mol. The Hall–Kier alpha value is -2.31. The minimum absolute atomic E-state index is 0.0221. The molecule has 1 atom stereocenters. The Morgan fingerprint density at radius 1 is 1.55 bits per heavy atom. The summed E-state index contributed by atoms with van der Waals surface area (Å²) in [5.74, 6) is 1.32. The summed E-state index contributed by atoms with van der Waals surface area (Å²) < 4.78 is 1.86. The van der Waals surface area contributed by atoms with E-state index < -0.39 is 0 Å². The van der Waals surface area contributed by atoms with E-state index >= 15 is 0 Å². The van der Waals surface area contributed by atoms with Gasteiger partial charge < -0.3 is 19.9 Å². The molecule has 0 aliphatic rings. The summed E-state index contributed by atoms with van der Waals surface area (Å²) in [6.45, 7) is 4.44. The Kier molecular flexibility index (Phi) is 4.07. The third-order valence-electron chi connectivity index (χ3n) is 3.20. The lowest BCUT2D eigenvalue weighted by Crippen LogP contribution is -2.39. The summed E-state index contributed by atoms with van der Waals surface area (Å²) in [5.41, 5.74) is 0.697. The molecule has 0 saturated heterocycles. The maximum Gasteiger partial charge on any atom is 0.244 e. The van der Waals surface area contributed by atoms with Gasteiger partial charge in [-0.15, -0.1) is 0 Å². The van der Waals surface area contributed by atoms with E-state index in [1.807, 2.05) is 30.6 Å². The Bertz CT molecular complexity index is 608. The maximum atomic E-state index is 12.1. The van der Waals surface area contributed by atoms with Gasteiger partial charge in [0.25, 0.3) is 0 Å². The number of nitrogens with one attached hydrogen (secondary N) is 2. The topological polar surface area (TPSA) is 74.6 Å². The Balaban J connectivity index is 2.28. The van der Waals surface area contributed by atoms with Crippen molar-refractivity contribution in [3.63, 3.8) is 0 Å². The summed E-state index contributed by atoms with van der Waals surface area (Å²) in [6.07, 6.45) is 5.39. The second kappa shape index (κ2) is 5.77. The average Bonchev–Trinajstić information content (AvgIpc) is 2.93. The molecule has 108 valence electrons. The van der Waals surface area contributed by atoms with Crippen LogP contribution in [0, 0.1) is 0 Å². The van der Waals surface area contributed by atoms with E-state index in [4.69, 9.17) is 0 Å². The van der Waals surface area contributed by atoms with Crippen LogP contribution in [0.4, 0.5) is 11.6 Å². The number of nitrogens with zero attached hydrogens (tertiary/aromatic N) is 4. The standard InChI is InChI=1S/C13H20N6O/c1-5-18(4)13(20)9(2)16-11-12-15-6-7-19(12)8-10(14-3)17-11/h6-9,14H,5H2,1-4H3,(H,16,17). The number of carbonyl (C=O) groups is 1. The molecule has 0 aromatic carbocycles. The predicted molar refractivity (Wildman–Crippen MR) is 78.9 cm³/mol. The van der Waals surface area contributed by atoms with E-state index in [0.29, 0.717) is 23.8 Å². The molecule has 1 unspecified atom stereocenters. The molecule has 20 heavy (non-hydrogen) atoms. The van der Waals surface area contributed by atoms with Crippen LogP contribution in [0.15, 0.2) is 18.6 Å². The third-order valence-corrected chi connectivity index (χ3v) is 3.20. The highest BCUT2D eigenvalue weighted by Gasteiger charge is 2.18. The highest BCUT2D eigenvalue weighted by Crippen LogP contribution is 2.17. The lowest BCUT2D eigenvalue weighted by atomic mass is 10.3. The first-order valence-corrected chi connectivity index (χ1v) is 6.59. The summed E-state index contributed by atoms with van der Waals surface area (Å²) in [6, 6.07) is -0.361. The van der Waals surface area contributed by atoms with Crippen molar-refractivity contribution in [1.82, 2.24) is 19.3 Å². The molecule has 0 aliphatic heterocycles. The second-order valence-electron chi connectivity index (χ2n) is 4.60. The highest BCUT2D eigenvalue weighted by atomic mass is 16.2. The van der Waals surface area contributed by atoms with Gasteiger partial charge in [0.15, 0.2) is 11.5 Å². The second-order valence-corrected chi connectivity index (χ2v) is 4.60. The molecule has 2 N–H and O–H groups in total. The van der Waals surface area contributed by atoms with Crippen molar-refractivity contribution in [2.45, 2.75) is 19.9 Å². The zero-order valence-corrected chi connectivity index (χ0v) is 12.2. The monoisotopic (exact) mass is 276 g/mol. The minimum atomic E-state index is -0.361. The number of fused-ring (bicyclic) bond motifs is 1. The van der Waals surface area contributed by atoms with Crippen LogP contribution in [0.1, 0.15) is 13.8 Å². The van der Waals surface area contributed by atoms with Crippen molar-refractivity contribution in [1.29, 1.82) is 0 Å². The number of aromatic nitrogens is 3. The van der Waals surface area contributed by atoms with Crippen molar-refractivity contribution in [3.8, 4) is 0 Å². The molecule has 0 bridgehead atoms. The Labute approximate surface area is 118 Å². The van der Waals surface area contributed by atoms with E-state index in [2.05, 4.69) is 20.6 Å². The largest absolute Gasteiger partial charge is 0.372 e. The maximum absolute atomic E-state index is 12.1. The molecule has 0 fully saturated rings. The Morgan fingerprint density at radius 3 is 2.95 bits per heavy atom. The van der Waals surface area contributed by atoms with Crippen LogP contribution in [0.25, 0.3) is 5.65 Å². The van der Waals surface area contributed by atoms with E-state index in [0.717, 1.165) is 0 Å². The van der Waals surface area contributed by atoms with Gasteiger partial charge in [-0.3, -0.25) is 4.79 Å². The molecule has 0 spiro atoms. The van der Waals surface area contributed by atoms with Crippen LogP contribution in [0.2, 0.25) is 0 Å². The fraction of sp³-hybridized carbons (Fsp3) is 0.462. The van der Waals surface area contributed by atoms with Crippen LogP contribution in [-0.2, 0) is 4.79 Å². The number of carbonyl (C=O) groups excluding carboxylic acids is 1. The first kappa shape index (κ1) is 14.1. The number of anilines is 2. The predicted octanol–water partition coefficient (Wildman–Crippen LogP) is 1.05. The van der Waals surface area contributed by atoms with E-state index in [1.54, 1.807) is 25.2 Å². The molecule has 2 heterocycles. The van der Waals surface area contributed by atoms with Crippen LogP contribution >= 0.6 is 0 Å². The number of hydrogen-bond donors (Lipinski definition) is 2. The number of amides is 1. The summed E-state index contributed by atoms with van der Waals surface area (Å²) in [4.78, 5) is 22.4. The zero-order valence-electron chi connectivity index (χ0n) is 12.2. The van der Waals surface area contributed by atoms with Crippen molar-refractivity contribution in [2.24, 2.45) is 0 Å². The van der Waals surface area contributed by atoms with Crippen molar-refractivity contribution < 1.29 is 4.79 Å². The molecular formula is C13H20N6O. The van der Waals surface area contributed by atoms with Gasteiger partial charge in [-0.25, -0.2) is 9.97 Å². The molecular weight excluding hydrogens is 256 g/mol.